The maximum Gasteiger partial charge on any atom is 0.137 e. The number of morpholine rings is 1. The standard InChI is InChI=1S/C30H26ClFN6O2.C15H9Cl2FN2/c1-18-28(24-5-3-4-8-34-24)37-30-22(31)6-7-23(32)27(30)29(18)36-25-14-26(38-9-11-40-12-10-38)35-17-21(25)19-13-20(39-2)16-33-15-19;1-8-13(17)12-10(18)6-5-9(16)15(12)20-14(8)11-4-2-3-7-19-11/h3-8,13-17H,9-12H2,1-2H3,(H,35,36,37);2-7H,1H3. The first-order valence-electron chi connectivity index (χ1n) is 18.8. The Kier molecular flexibility index (Phi) is 12.0. The monoisotopic (exact) mass is 862 g/mol. The minimum atomic E-state index is -0.433. The Labute approximate surface area is 359 Å². The molecule has 0 saturated carbocycles. The van der Waals surface area contributed by atoms with Gasteiger partial charge in [0.15, 0.2) is 0 Å². The van der Waals surface area contributed by atoms with Gasteiger partial charge in [-0.25, -0.2) is 23.7 Å². The number of ether oxygens (including phenoxy) is 2. The minimum absolute atomic E-state index is 0.247. The van der Waals surface area contributed by atoms with E-state index >= 15 is 4.39 Å². The molecule has 10 nitrogen and oxygen atoms in total. The maximum atomic E-state index is 15.5. The van der Waals surface area contributed by atoms with E-state index < -0.39 is 11.6 Å². The van der Waals surface area contributed by atoms with Crippen molar-refractivity contribution in [1.82, 2.24) is 29.9 Å². The van der Waals surface area contributed by atoms with Crippen LogP contribution in [0.15, 0.2) is 104 Å². The fourth-order valence-electron chi connectivity index (χ4n) is 6.95. The highest BCUT2D eigenvalue weighted by molar-refractivity contribution is 6.40. The van der Waals surface area contributed by atoms with E-state index in [0.29, 0.717) is 90.2 Å². The van der Waals surface area contributed by atoms with Gasteiger partial charge in [0.1, 0.15) is 23.2 Å². The van der Waals surface area contributed by atoms with Crippen LogP contribution in [0.3, 0.4) is 0 Å². The van der Waals surface area contributed by atoms with Gasteiger partial charge in [-0.1, -0.05) is 46.9 Å². The Hall–Kier alpha value is -6.05. The summed E-state index contributed by atoms with van der Waals surface area (Å²) in [4.78, 5) is 29.2. The number of benzene rings is 2. The van der Waals surface area contributed by atoms with E-state index in [-0.39, 0.29) is 5.39 Å². The average molecular weight is 864 g/mol. The summed E-state index contributed by atoms with van der Waals surface area (Å²) in [6, 6.07) is 20.6. The van der Waals surface area contributed by atoms with E-state index in [1.165, 1.54) is 24.3 Å². The fourth-order valence-corrected chi connectivity index (χ4v) is 7.62. The predicted octanol–water partition coefficient (Wildman–Crippen LogP) is 11.5. The van der Waals surface area contributed by atoms with Gasteiger partial charge < -0.3 is 19.7 Å². The molecule has 0 atom stereocenters. The maximum absolute atomic E-state index is 15.5. The zero-order chi connectivity index (χ0) is 41.9. The molecule has 0 amide bonds. The van der Waals surface area contributed by atoms with Crippen LogP contribution >= 0.6 is 34.8 Å². The number of halogens is 5. The van der Waals surface area contributed by atoms with Gasteiger partial charge in [0.05, 0.1) is 97.5 Å². The summed E-state index contributed by atoms with van der Waals surface area (Å²) in [6.07, 6.45) is 8.55. The topological polar surface area (TPSA) is 111 Å². The van der Waals surface area contributed by atoms with Gasteiger partial charge >= 0.3 is 0 Å². The largest absolute Gasteiger partial charge is 0.495 e. The third kappa shape index (κ3) is 8.11. The summed E-state index contributed by atoms with van der Waals surface area (Å²) in [5.74, 6) is 0.529. The van der Waals surface area contributed by atoms with Crippen molar-refractivity contribution in [3.8, 4) is 39.7 Å². The van der Waals surface area contributed by atoms with Gasteiger partial charge in [-0.15, -0.1) is 0 Å². The Bertz CT molecular complexity index is 2870. The first-order valence-corrected chi connectivity index (χ1v) is 19.9. The molecule has 302 valence electrons. The number of methoxy groups -OCH3 is 1. The van der Waals surface area contributed by atoms with Crippen LogP contribution in [0.25, 0.3) is 55.7 Å². The van der Waals surface area contributed by atoms with Crippen molar-refractivity contribution < 1.29 is 18.3 Å². The number of nitrogens with zero attached hydrogens (tertiary/aromatic N) is 7. The molecule has 1 fully saturated rings. The molecule has 8 aromatic rings. The normalized spacial score (nSPS) is 12.6. The molecule has 0 spiro atoms. The fraction of sp³-hybridized carbons (Fsp3) is 0.156. The molecule has 1 saturated heterocycles. The number of aromatic nitrogens is 6. The summed E-state index contributed by atoms with van der Waals surface area (Å²) in [7, 11) is 1.60. The van der Waals surface area contributed by atoms with Crippen LogP contribution in [-0.2, 0) is 4.74 Å². The van der Waals surface area contributed by atoms with Gasteiger partial charge in [0, 0.05) is 60.6 Å². The van der Waals surface area contributed by atoms with E-state index in [1.807, 2.05) is 55.5 Å². The molecule has 7 heterocycles. The lowest BCUT2D eigenvalue weighted by molar-refractivity contribution is 0.122. The molecule has 1 aliphatic rings. The summed E-state index contributed by atoms with van der Waals surface area (Å²) in [5.41, 5.74) is 7.48. The first-order chi connectivity index (χ1) is 29.1. The van der Waals surface area contributed by atoms with Gasteiger partial charge in [-0.2, -0.15) is 0 Å². The Balaban J connectivity index is 0.000000208. The Morgan fingerprint density at radius 3 is 1.95 bits per heavy atom. The summed E-state index contributed by atoms with van der Waals surface area (Å²) in [6.45, 7) is 6.37. The lowest BCUT2D eigenvalue weighted by Crippen LogP contribution is -2.36. The average Bonchev–Trinajstić information content (AvgIpc) is 3.29. The predicted molar refractivity (Wildman–Crippen MR) is 235 cm³/mol. The van der Waals surface area contributed by atoms with Gasteiger partial charge in [0.2, 0.25) is 0 Å². The Morgan fingerprint density at radius 2 is 1.33 bits per heavy atom. The number of pyridine rings is 6. The van der Waals surface area contributed by atoms with Crippen LogP contribution in [0, 0.1) is 25.5 Å². The summed E-state index contributed by atoms with van der Waals surface area (Å²) >= 11 is 19.0. The highest BCUT2D eigenvalue weighted by Crippen LogP contribution is 2.42. The van der Waals surface area contributed by atoms with Crippen molar-refractivity contribution in [1.29, 1.82) is 0 Å². The number of anilines is 3. The molecular weight excluding hydrogens is 829 g/mol. The highest BCUT2D eigenvalue weighted by atomic mass is 35.5. The molecule has 9 rings (SSSR count). The smallest absolute Gasteiger partial charge is 0.137 e. The van der Waals surface area contributed by atoms with Gasteiger partial charge in [-0.05, 0) is 74.0 Å². The van der Waals surface area contributed by atoms with Crippen LogP contribution in [0.4, 0.5) is 26.0 Å². The summed E-state index contributed by atoms with van der Waals surface area (Å²) in [5, 5.41) is 5.11. The third-order valence-electron chi connectivity index (χ3n) is 10.0. The van der Waals surface area contributed by atoms with Crippen LogP contribution < -0.4 is 15.0 Å². The number of fused-ring (bicyclic) bond motifs is 2. The van der Waals surface area contributed by atoms with Crippen LogP contribution in [-0.4, -0.2) is 63.3 Å². The third-order valence-corrected chi connectivity index (χ3v) is 11.1. The minimum Gasteiger partial charge on any atom is -0.495 e. The molecule has 0 aliphatic carbocycles. The number of hydrogen-bond donors (Lipinski definition) is 1. The molecule has 2 aromatic carbocycles. The van der Waals surface area contributed by atoms with E-state index in [1.54, 1.807) is 45.0 Å². The molecule has 0 radical (unpaired) electrons. The van der Waals surface area contributed by atoms with Crippen molar-refractivity contribution in [2.24, 2.45) is 0 Å². The zero-order valence-corrected chi connectivity index (χ0v) is 34.7. The van der Waals surface area contributed by atoms with Gasteiger partial charge in [0.25, 0.3) is 0 Å². The molecule has 6 aromatic heterocycles. The van der Waals surface area contributed by atoms with Crippen molar-refractivity contribution in [2.75, 3.05) is 43.6 Å². The first kappa shape index (κ1) is 40.7. The second kappa shape index (κ2) is 17.7. The highest BCUT2D eigenvalue weighted by Gasteiger charge is 2.23. The lowest BCUT2D eigenvalue weighted by atomic mass is 10.0. The van der Waals surface area contributed by atoms with E-state index in [0.717, 1.165) is 35.6 Å². The molecule has 0 bridgehead atoms. The van der Waals surface area contributed by atoms with Gasteiger partial charge in [-0.3, -0.25) is 15.0 Å². The van der Waals surface area contributed by atoms with Crippen molar-refractivity contribution >= 4 is 73.8 Å². The van der Waals surface area contributed by atoms with E-state index in [4.69, 9.17) is 54.2 Å². The van der Waals surface area contributed by atoms with Crippen LogP contribution in [0.5, 0.6) is 5.75 Å². The lowest BCUT2D eigenvalue weighted by Gasteiger charge is -2.28. The quantitative estimate of drug-likeness (QED) is 0.166. The molecular formula is C45H35Cl3F2N8O2. The zero-order valence-electron chi connectivity index (χ0n) is 32.5. The Morgan fingerprint density at radius 1 is 0.717 bits per heavy atom. The van der Waals surface area contributed by atoms with E-state index in [9.17, 15) is 4.39 Å². The number of rotatable bonds is 7. The SMILES string of the molecule is COc1cncc(-c2cnc(N3CCOCC3)cc2Nc2c(C)c(-c3ccccn3)nc3c(Cl)ccc(F)c23)c1.Cc1c(-c2ccccn2)nc2c(Cl)ccc(F)c2c1Cl. The second-order valence-electron chi connectivity index (χ2n) is 13.7. The summed E-state index contributed by atoms with van der Waals surface area (Å²) < 4.78 is 40.4. The number of nitrogens with one attached hydrogen (secondary N) is 1. The molecule has 1 aliphatic heterocycles. The molecule has 0 unspecified atom stereocenters. The van der Waals surface area contributed by atoms with Crippen molar-refractivity contribution in [2.45, 2.75) is 13.8 Å². The van der Waals surface area contributed by atoms with E-state index in [2.05, 4.69) is 30.2 Å². The molecule has 15 heteroatoms. The number of hydrogen-bond acceptors (Lipinski definition) is 10. The molecule has 1 N–H and O–H groups in total. The van der Waals surface area contributed by atoms with Crippen LogP contribution in [0.1, 0.15) is 11.1 Å². The van der Waals surface area contributed by atoms with Crippen LogP contribution in [0.2, 0.25) is 15.1 Å². The second-order valence-corrected chi connectivity index (χ2v) is 14.9. The molecule has 60 heavy (non-hydrogen) atoms. The van der Waals surface area contributed by atoms with Crippen molar-refractivity contribution in [3.63, 3.8) is 0 Å². The van der Waals surface area contributed by atoms with Crippen molar-refractivity contribution in [3.05, 3.63) is 142 Å².